The number of allylic oxidation sites excluding steroid dienone is 1. The number of nitrogens with two attached hydrogens (primary N) is 1. The number of amides is 1. The third-order valence-corrected chi connectivity index (χ3v) is 6.08. The topological polar surface area (TPSA) is 108 Å². The summed E-state index contributed by atoms with van der Waals surface area (Å²) in [6.07, 6.45) is 0.192. The predicted molar refractivity (Wildman–Crippen MR) is 113 cm³/mol. The van der Waals surface area contributed by atoms with Crippen LogP contribution in [0.5, 0.6) is 0 Å². The molecule has 0 fully saturated rings. The van der Waals surface area contributed by atoms with Gasteiger partial charge < -0.3 is 20.5 Å². The highest BCUT2D eigenvalue weighted by Gasteiger charge is 2.62. The highest BCUT2D eigenvalue weighted by Crippen LogP contribution is 2.56. The molecule has 1 spiro atoms. The Kier molecular flexibility index (Phi) is 4.61. The summed E-state index contributed by atoms with van der Waals surface area (Å²) in [4.78, 5) is 40.1. The van der Waals surface area contributed by atoms with Crippen LogP contribution in [0.2, 0.25) is 0 Å². The Morgan fingerprint density at radius 3 is 2.63 bits per heavy atom. The number of esters is 1. The van der Waals surface area contributed by atoms with Crippen molar-refractivity contribution in [2.24, 2.45) is 11.1 Å². The van der Waals surface area contributed by atoms with E-state index in [0.29, 0.717) is 27.9 Å². The predicted octanol–water partition coefficient (Wildman–Crippen LogP) is 3.43. The van der Waals surface area contributed by atoms with Crippen molar-refractivity contribution in [1.29, 1.82) is 0 Å². The Balaban J connectivity index is 2.06. The van der Waals surface area contributed by atoms with Gasteiger partial charge in [0.05, 0.1) is 11.7 Å². The molecule has 1 amide bonds. The molecule has 158 valence electrons. The Morgan fingerprint density at radius 1 is 1.27 bits per heavy atom. The summed E-state index contributed by atoms with van der Waals surface area (Å²) in [7, 11) is 0. The quantitative estimate of drug-likeness (QED) is 0.635. The molecule has 0 saturated carbocycles. The molecule has 0 saturated heterocycles. The molecule has 1 atom stereocenters. The number of benzene rings is 1. The van der Waals surface area contributed by atoms with Crippen LogP contribution in [-0.4, -0.2) is 23.8 Å². The summed E-state index contributed by atoms with van der Waals surface area (Å²) in [6, 6.07) is 5.23. The van der Waals surface area contributed by atoms with Gasteiger partial charge in [-0.15, -0.1) is 0 Å². The van der Waals surface area contributed by atoms with Crippen molar-refractivity contribution in [1.82, 2.24) is 0 Å². The molecule has 0 bridgehead atoms. The standard InChI is InChI=1S/C22H23BrN2O5/c1-10(2)29-19(27)17-18(24)30-15-9-21(3,4)8-14(26)16(15)22(17)12-7-11(23)5-6-13(12)25-20(22)28/h5-7,10H,8-9,24H2,1-4H3,(H,25,28)/t22-/m1/s1. The fraction of sp³-hybridized carbons (Fsp3) is 0.409. The lowest BCUT2D eigenvalue weighted by Gasteiger charge is -2.42. The maximum absolute atomic E-state index is 13.6. The number of rotatable bonds is 2. The lowest BCUT2D eigenvalue weighted by atomic mass is 9.62. The monoisotopic (exact) mass is 474 g/mol. The molecule has 0 radical (unpaired) electrons. The molecule has 3 N–H and O–H groups in total. The van der Waals surface area contributed by atoms with Crippen LogP contribution < -0.4 is 11.1 Å². The lowest BCUT2D eigenvalue weighted by molar-refractivity contribution is -0.145. The second-order valence-corrected chi connectivity index (χ2v) is 9.84. The summed E-state index contributed by atoms with van der Waals surface area (Å²) in [5.74, 6) is -1.43. The average Bonchev–Trinajstić information content (AvgIpc) is 2.85. The van der Waals surface area contributed by atoms with Gasteiger partial charge >= 0.3 is 5.97 Å². The summed E-state index contributed by atoms with van der Waals surface area (Å²) in [5.41, 5.74) is 5.16. The Morgan fingerprint density at radius 2 is 1.97 bits per heavy atom. The van der Waals surface area contributed by atoms with Crippen molar-refractivity contribution in [2.75, 3.05) is 5.32 Å². The van der Waals surface area contributed by atoms with Crippen LogP contribution >= 0.6 is 15.9 Å². The minimum Gasteiger partial charge on any atom is -0.459 e. The number of Topliss-reactive ketones (excluding diaryl/α,β-unsaturated/α-hetero) is 1. The SMILES string of the molecule is CC(C)OC(=O)C1=C(N)OC2=C(C(=O)CC(C)(C)C2)[C@@]12C(=O)Nc1ccc(Br)cc12. The number of nitrogens with one attached hydrogen (secondary N) is 1. The van der Waals surface area contributed by atoms with Crippen LogP contribution in [0.3, 0.4) is 0 Å². The highest BCUT2D eigenvalue weighted by molar-refractivity contribution is 9.10. The van der Waals surface area contributed by atoms with Gasteiger partial charge in [-0.2, -0.15) is 0 Å². The maximum Gasteiger partial charge on any atom is 0.341 e. The zero-order chi connectivity index (χ0) is 22.0. The van der Waals surface area contributed by atoms with Gasteiger partial charge in [0.1, 0.15) is 16.7 Å². The summed E-state index contributed by atoms with van der Waals surface area (Å²) in [5, 5.41) is 2.82. The van der Waals surface area contributed by atoms with Gasteiger partial charge in [-0.05, 0) is 37.5 Å². The van der Waals surface area contributed by atoms with Gasteiger partial charge in [0.2, 0.25) is 11.8 Å². The van der Waals surface area contributed by atoms with E-state index in [1.165, 1.54) is 0 Å². The summed E-state index contributed by atoms with van der Waals surface area (Å²) >= 11 is 3.43. The third-order valence-electron chi connectivity index (χ3n) is 5.59. The number of carbonyl (C=O) groups excluding carboxylic acids is 3. The van der Waals surface area contributed by atoms with E-state index in [9.17, 15) is 14.4 Å². The maximum atomic E-state index is 13.6. The smallest absolute Gasteiger partial charge is 0.341 e. The Hall–Kier alpha value is -2.61. The van der Waals surface area contributed by atoms with Crippen LogP contribution in [0.1, 0.15) is 46.1 Å². The molecule has 8 heteroatoms. The highest BCUT2D eigenvalue weighted by atomic mass is 79.9. The number of halogens is 1. The number of hydrogen-bond donors (Lipinski definition) is 2. The molecule has 3 aliphatic rings. The lowest BCUT2D eigenvalue weighted by Crippen LogP contribution is -2.50. The van der Waals surface area contributed by atoms with Crippen molar-refractivity contribution in [3.63, 3.8) is 0 Å². The van der Waals surface area contributed by atoms with E-state index in [-0.39, 0.29) is 34.6 Å². The van der Waals surface area contributed by atoms with E-state index < -0.39 is 23.4 Å². The first-order chi connectivity index (χ1) is 14.0. The van der Waals surface area contributed by atoms with Crippen LogP contribution in [0.15, 0.2) is 45.5 Å². The number of ether oxygens (including phenoxy) is 2. The van der Waals surface area contributed by atoms with Crippen molar-refractivity contribution in [3.8, 4) is 0 Å². The van der Waals surface area contributed by atoms with Gasteiger partial charge in [0.15, 0.2) is 5.78 Å². The minimum absolute atomic E-state index is 0.155. The number of hydrogen-bond acceptors (Lipinski definition) is 6. The van der Waals surface area contributed by atoms with Gasteiger partial charge in [-0.25, -0.2) is 4.79 Å². The zero-order valence-electron chi connectivity index (χ0n) is 17.2. The molecule has 0 unspecified atom stereocenters. The zero-order valence-corrected chi connectivity index (χ0v) is 18.8. The van der Waals surface area contributed by atoms with Crippen molar-refractivity contribution in [2.45, 2.75) is 52.1 Å². The molecule has 0 aromatic heterocycles. The minimum atomic E-state index is -1.71. The molecule has 1 aromatic rings. The first-order valence-corrected chi connectivity index (χ1v) is 10.5. The van der Waals surface area contributed by atoms with Crippen LogP contribution in [0.4, 0.5) is 5.69 Å². The Labute approximate surface area is 182 Å². The van der Waals surface area contributed by atoms with Crippen LogP contribution in [-0.2, 0) is 29.3 Å². The molecule has 4 rings (SSSR count). The molecule has 2 aliphatic heterocycles. The van der Waals surface area contributed by atoms with Gasteiger partial charge in [0, 0.05) is 28.6 Å². The molecule has 30 heavy (non-hydrogen) atoms. The van der Waals surface area contributed by atoms with Gasteiger partial charge in [-0.1, -0.05) is 29.8 Å². The number of fused-ring (bicyclic) bond motifs is 3. The largest absolute Gasteiger partial charge is 0.459 e. The van der Waals surface area contributed by atoms with E-state index >= 15 is 0 Å². The second kappa shape index (κ2) is 6.70. The second-order valence-electron chi connectivity index (χ2n) is 8.93. The fourth-order valence-electron chi connectivity index (χ4n) is 4.56. The summed E-state index contributed by atoms with van der Waals surface area (Å²) in [6.45, 7) is 7.30. The summed E-state index contributed by atoms with van der Waals surface area (Å²) < 4.78 is 11.9. The number of ketones is 1. The van der Waals surface area contributed by atoms with Crippen molar-refractivity contribution >= 4 is 39.3 Å². The van der Waals surface area contributed by atoms with E-state index in [1.54, 1.807) is 32.0 Å². The van der Waals surface area contributed by atoms with E-state index in [2.05, 4.69) is 21.2 Å². The normalized spacial score (nSPS) is 24.6. The van der Waals surface area contributed by atoms with Gasteiger partial charge in [0.25, 0.3) is 0 Å². The first-order valence-electron chi connectivity index (χ1n) is 9.75. The van der Waals surface area contributed by atoms with Crippen LogP contribution in [0, 0.1) is 5.41 Å². The van der Waals surface area contributed by atoms with Crippen molar-refractivity contribution < 1.29 is 23.9 Å². The average molecular weight is 475 g/mol. The van der Waals surface area contributed by atoms with E-state index in [4.69, 9.17) is 15.2 Å². The molecule has 1 aromatic carbocycles. The van der Waals surface area contributed by atoms with E-state index in [0.717, 1.165) is 0 Å². The molecule has 1 aliphatic carbocycles. The number of carbonyl (C=O) groups is 3. The fourth-order valence-corrected chi connectivity index (χ4v) is 4.92. The Bertz CT molecular complexity index is 1070. The van der Waals surface area contributed by atoms with Gasteiger partial charge in [-0.3, -0.25) is 9.59 Å². The molecular weight excluding hydrogens is 452 g/mol. The van der Waals surface area contributed by atoms with E-state index in [1.807, 2.05) is 13.8 Å². The van der Waals surface area contributed by atoms with Crippen LogP contribution in [0.25, 0.3) is 0 Å². The molecule has 2 heterocycles. The third kappa shape index (κ3) is 2.88. The first kappa shape index (κ1) is 20.7. The molecular formula is C22H23BrN2O5. The number of anilines is 1. The molecule has 7 nitrogen and oxygen atoms in total. The van der Waals surface area contributed by atoms with Crippen molar-refractivity contribution in [3.05, 3.63) is 51.0 Å².